The molecule has 0 saturated heterocycles. The van der Waals surface area contributed by atoms with Crippen molar-refractivity contribution in [2.45, 2.75) is 18.2 Å². The van der Waals surface area contributed by atoms with Crippen LogP contribution in [0.4, 0.5) is 10.8 Å². The number of benzene rings is 2. The fraction of sp³-hybridized carbons (Fsp3) is 0.158. The summed E-state index contributed by atoms with van der Waals surface area (Å²) in [5, 5.41) is 14.0. The lowest BCUT2D eigenvalue weighted by molar-refractivity contribution is -0.113. The molecule has 2 aromatic carbocycles. The Balaban J connectivity index is 1.52. The predicted octanol–water partition coefficient (Wildman–Crippen LogP) is 4.14. The summed E-state index contributed by atoms with van der Waals surface area (Å²) >= 11 is 2.52. The van der Waals surface area contributed by atoms with E-state index in [0.717, 1.165) is 16.8 Å². The van der Waals surface area contributed by atoms with E-state index in [2.05, 4.69) is 20.8 Å². The van der Waals surface area contributed by atoms with E-state index in [-0.39, 0.29) is 17.6 Å². The van der Waals surface area contributed by atoms with Crippen LogP contribution < -0.4 is 10.6 Å². The normalized spacial score (nSPS) is 10.4. The molecule has 0 aliphatic heterocycles. The molecule has 6 nitrogen and oxygen atoms in total. The number of hydrogen-bond donors (Lipinski definition) is 2. The maximum Gasteiger partial charge on any atom is 0.257 e. The first-order valence-corrected chi connectivity index (χ1v) is 10.0. The van der Waals surface area contributed by atoms with Gasteiger partial charge in [0.25, 0.3) is 5.91 Å². The van der Waals surface area contributed by atoms with Gasteiger partial charge in [-0.05, 0) is 37.6 Å². The van der Waals surface area contributed by atoms with E-state index in [1.54, 1.807) is 6.07 Å². The molecule has 0 saturated carbocycles. The van der Waals surface area contributed by atoms with E-state index in [4.69, 9.17) is 0 Å². The standard InChI is InChI=1S/C19H18N4O2S2/c1-12-7-9-14(10-8-12)20-16(24)11-26-19-23-22-18(27-19)21-17(25)15-6-4-3-5-13(15)2/h3-10H,11H2,1-2H3,(H,20,24)(H,21,22,25). The molecule has 2 N–H and O–H groups in total. The summed E-state index contributed by atoms with van der Waals surface area (Å²) in [6, 6.07) is 14.9. The fourth-order valence-corrected chi connectivity index (χ4v) is 3.82. The zero-order chi connectivity index (χ0) is 19.2. The molecule has 0 radical (unpaired) electrons. The van der Waals surface area contributed by atoms with Crippen LogP contribution in [0.15, 0.2) is 52.9 Å². The third kappa shape index (κ3) is 5.38. The number of aryl methyl sites for hydroxylation is 2. The number of nitrogens with one attached hydrogen (secondary N) is 2. The van der Waals surface area contributed by atoms with Crippen molar-refractivity contribution in [1.82, 2.24) is 10.2 Å². The zero-order valence-corrected chi connectivity index (χ0v) is 16.5. The number of hydrogen-bond acceptors (Lipinski definition) is 6. The maximum absolute atomic E-state index is 12.3. The summed E-state index contributed by atoms with van der Waals surface area (Å²) in [6.45, 7) is 3.87. The van der Waals surface area contributed by atoms with Crippen LogP contribution in [0.5, 0.6) is 0 Å². The first kappa shape index (κ1) is 19.1. The second kappa shape index (κ2) is 8.79. The lowest BCUT2D eigenvalue weighted by Crippen LogP contribution is -2.13. The second-order valence-electron chi connectivity index (χ2n) is 5.85. The Hall–Kier alpha value is -2.71. The molecule has 8 heteroatoms. The highest BCUT2D eigenvalue weighted by molar-refractivity contribution is 8.01. The molecule has 1 heterocycles. The Labute approximate surface area is 165 Å². The van der Waals surface area contributed by atoms with E-state index >= 15 is 0 Å². The summed E-state index contributed by atoms with van der Waals surface area (Å²) in [5.41, 5.74) is 3.38. The predicted molar refractivity (Wildman–Crippen MR) is 110 cm³/mol. The van der Waals surface area contributed by atoms with Crippen LogP contribution >= 0.6 is 23.1 Å². The van der Waals surface area contributed by atoms with E-state index in [9.17, 15) is 9.59 Å². The lowest BCUT2D eigenvalue weighted by atomic mass is 10.1. The number of carbonyl (C=O) groups excluding carboxylic acids is 2. The Bertz CT molecular complexity index is 954. The lowest BCUT2D eigenvalue weighted by Gasteiger charge is -2.04. The molecular weight excluding hydrogens is 380 g/mol. The highest BCUT2D eigenvalue weighted by Crippen LogP contribution is 2.26. The van der Waals surface area contributed by atoms with Crippen LogP contribution in [0.3, 0.4) is 0 Å². The average Bonchev–Trinajstić information content (AvgIpc) is 3.09. The van der Waals surface area contributed by atoms with Crippen molar-refractivity contribution in [3.05, 3.63) is 65.2 Å². The number of anilines is 2. The third-order valence-electron chi connectivity index (χ3n) is 3.68. The Morgan fingerprint density at radius 2 is 1.74 bits per heavy atom. The molecule has 3 rings (SSSR count). The SMILES string of the molecule is Cc1ccc(NC(=O)CSc2nnc(NC(=O)c3ccccc3C)s2)cc1. The molecule has 0 bridgehead atoms. The average molecular weight is 399 g/mol. The van der Waals surface area contributed by atoms with Crippen LogP contribution in [0.25, 0.3) is 0 Å². The number of rotatable bonds is 6. The van der Waals surface area contributed by atoms with Gasteiger partial charge in [0.1, 0.15) is 0 Å². The third-order valence-corrected chi connectivity index (χ3v) is 5.65. The fourth-order valence-electron chi connectivity index (χ4n) is 2.27. The Morgan fingerprint density at radius 1 is 1.00 bits per heavy atom. The van der Waals surface area contributed by atoms with Gasteiger partial charge in [0.05, 0.1) is 5.75 Å². The molecule has 0 atom stereocenters. The van der Waals surface area contributed by atoms with Crippen molar-refractivity contribution < 1.29 is 9.59 Å². The molecule has 1 aromatic heterocycles. The Morgan fingerprint density at radius 3 is 2.48 bits per heavy atom. The molecule has 0 aliphatic carbocycles. The summed E-state index contributed by atoms with van der Waals surface area (Å²) < 4.78 is 0.620. The van der Waals surface area contributed by atoms with Gasteiger partial charge in [-0.15, -0.1) is 10.2 Å². The second-order valence-corrected chi connectivity index (χ2v) is 8.05. The molecule has 3 aromatic rings. The van der Waals surface area contributed by atoms with Crippen LogP contribution in [-0.2, 0) is 4.79 Å². The molecule has 138 valence electrons. The van der Waals surface area contributed by atoms with Crippen molar-refractivity contribution in [1.29, 1.82) is 0 Å². The number of thioether (sulfide) groups is 1. The smallest absolute Gasteiger partial charge is 0.257 e. The van der Waals surface area contributed by atoms with Crippen molar-refractivity contribution in [3.63, 3.8) is 0 Å². The van der Waals surface area contributed by atoms with Gasteiger partial charge < -0.3 is 5.32 Å². The van der Waals surface area contributed by atoms with Gasteiger partial charge in [0, 0.05) is 11.3 Å². The first-order valence-electron chi connectivity index (χ1n) is 8.21. The van der Waals surface area contributed by atoms with Gasteiger partial charge in [0.15, 0.2) is 4.34 Å². The Kier molecular flexibility index (Phi) is 6.20. The van der Waals surface area contributed by atoms with Gasteiger partial charge in [0.2, 0.25) is 11.0 Å². The number of carbonyl (C=O) groups is 2. The minimum absolute atomic E-state index is 0.121. The van der Waals surface area contributed by atoms with Gasteiger partial charge in [-0.25, -0.2) is 0 Å². The van der Waals surface area contributed by atoms with E-state index < -0.39 is 0 Å². The molecule has 0 unspecified atom stereocenters. The molecule has 27 heavy (non-hydrogen) atoms. The molecule has 0 aliphatic rings. The van der Waals surface area contributed by atoms with Crippen LogP contribution in [0, 0.1) is 13.8 Å². The molecule has 0 spiro atoms. The minimum Gasteiger partial charge on any atom is -0.325 e. The van der Waals surface area contributed by atoms with E-state index in [1.807, 2.05) is 56.3 Å². The van der Waals surface area contributed by atoms with E-state index in [0.29, 0.717) is 15.0 Å². The van der Waals surface area contributed by atoms with E-state index in [1.165, 1.54) is 23.1 Å². The van der Waals surface area contributed by atoms with Crippen molar-refractivity contribution in [2.24, 2.45) is 0 Å². The summed E-state index contributed by atoms with van der Waals surface area (Å²) in [7, 11) is 0. The van der Waals surface area contributed by atoms with Gasteiger partial charge in [-0.1, -0.05) is 59.0 Å². The molecular formula is C19H18N4O2S2. The minimum atomic E-state index is -0.224. The van der Waals surface area contributed by atoms with Gasteiger partial charge in [-0.2, -0.15) is 0 Å². The van der Waals surface area contributed by atoms with Crippen molar-refractivity contribution >= 4 is 45.7 Å². The number of amides is 2. The van der Waals surface area contributed by atoms with Crippen LogP contribution in [-0.4, -0.2) is 27.8 Å². The first-order chi connectivity index (χ1) is 13.0. The van der Waals surface area contributed by atoms with Crippen LogP contribution in [0.2, 0.25) is 0 Å². The monoisotopic (exact) mass is 398 g/mol. The summed E-state index contributed by atoms with van der Waals surface area (Å²) in [4.78, 5) is 24.3. The van der Waals surface area contributed by atoms with Gasteiger partial charge in [-0.3, -0.25) is 14.9 Å². The molecule has 0 fully saturated rings. The number of aromatic nitrogens is 2. The quantitative estimate of drug-likeness (QED) is 0.482. The summed E-state index contributed by atoms with van der Waals surface area (Å²) in [6.07, 6.45) is 0. The largest absolute Gasteiger partial charge is 0.325 e. The number of nitrogens with zero attached hydrogens (tertiary/aromatic N) is 2. The van der Waals surface area contributed by atoms with Crippen molar-refractivity contribution in [3.8, 4) is 0 Å². The van der Waals surface area contributed by atoms with Gasteiger partial charge >= 0.3 is 0 Å². The highest BCUT2D eigenvalue weighted by atomic mass is 32.2. The zero-order valence-electron chi connectivity index (χ0n) is 14.9. The maximum atomic E-state index is 12.3. The topological polar surface area (TPSA) is 84.0 Å². The highest BCUT2D eigenvalue weighted by Gasteiger charge is 2.13. The molecule has 2 amide bonds. The van der Waals surface area contributed by atoms with Crippen molar-refractivity contribution in [2.75, 3.05) is 16.4 Å². The van der Waals surface area contributed by atoms with Crippen LogP contribution in [0.1, 0.15) is 21.5 Å². The summed E-state index contributed by atoms with van der Waals surface area (Å²) in [5.74, 6) is -0.128.